The van der Waals surface area contributed by atoms with Gasteiger partial charge in [0.2, 0.25) is 0 Å². The number of ether oxygens (including phenoxy) is 1. The number of rotatable bonds is 5. The highest BCUT2D eigenvalue weighted by atomic mass is 28.3. The second-order valence-electron chi connectivity index (χ2n) is 8.93. The molecule has 0 aromatic heterocycles. The smallest absolute Gasteiger partial charge is 0.199 e. The summed E-state index contributed by atoms with van der Waals surface area (Å²) in [7, 11) is -1.15. The van der Waals surface area contributed by atoms with Gasteiger partial charge in [0.1, 0.15) is 0 Å². The Kier molecular flexibility index (Phi) is 5.47. The van der Waals surface area contributed by atoms with Crippen LogP contribution in [0.1, 0.15) is 77.0 Å². The van der Waals surface area contributed by atoms with Crippen molar-refractivity contribution in [2.75, 3.05) is 6.23 Å². The molecule has 4 rings (SSSR count). The molecule has 0 amide bonds. The molecule has 0 bridgehead atoms. The molecule has 0 aromatic carbocycles. The zero-order valence-electron chi connectivity index (χ0n) is 15.1. The molecule has 132 valence electrons. The summed E-state index contributed by atoms with van der Waals surface area (Å²) in [6, 6.07) is 0. The maximum Gasteiger partial charge on any atom is 0.199 e. The lowest BCUT2D eigenvalue weighted by atomic mass is 9.81. The molecule has 23 heavy (non-hydrogen) atoms. The zero-order chi connectivity index (χ0) is 15.6. The molecule has 0 radical (unpaired) electrons. The largest absolute Gasteiger partial charge is 0.415 e. The molecule has 0 aromatic rings. The third kappa shape index (κ3) is 3.72. The van der Waals surface area contributed by atoms with Crippen LogP contribution in [0.2, 0.25) is 6.55 Å². The van der Waals surface area contributed by atoms with Gasteiger partial charge in [-0.15, -0.1) is 0 Å². The lowest BCUT2D eigenvalue weighted by molar-refractivity contribution is 0.0236. The predicted molar refractivity (Wildman–Crippen MR) is 97.0 cm³/mol. The average Bonchev–Trinajstić information content (AvgIpc) is 3.18. The summed E-state index contributed by atoms with van der Waals surface area (Å²) in [6.45, 7) is 2.38. The Morgan fingerprint density at radius 3 is 1.96 bits per heavy atom. The second kappa shape index (κ2) is 7.57. The molecule has 2 nitrogen and oxygen atoms in total. The first-order valence-electron chi connectivity index (χ1n) is 10.6. The van der Waals surface area contributed by atoms with E-state index < -0.39 is 9.04 Å². The Morgan fingerprint density at radius 2 is 1.26 bits per heavy atom. The van der Waals surface area contributed by atoms with E-state index in [2.05, 4.69) is 6.55 Å². The van der Waals surface area contributed by atoms with Crippen molar-refractivity contribution in [2.24, 2.45) is 23.7 Å². The second-order valence-corrected chi connectivity index (χ2v) is 11.2. The molecule has 7 unspecified atom stereocenters. The quantitative estimate of drug-likeness (QED) is 0.668. The van der Waals surface area contributed by atoms with E-state index in [1.54, 1.807) is 0 Å². The van der Waals surface area contributed by atoms with Crippen molar-refractivity contribution in [3.8, 4) is 0 Å². The Bertz CT molecular complexity index is 388. The predicted octanol–water partition coefficient (Wildman–Crippen LogP) is 4.85. The highest BCUT2D eigenvalue weighted by molar-refractivity contribution is 6.50. The molecule has 7 atom stereocenters. The molecular weight excluding hydrogens is 300 g/mol. The van der Waals surface area contributed by atoms with E-state index in [4.69, 9.17) is 9.16 Å². The van der Waals surface area contributed by atoms with Crippen LogP contribution in [-0.2, 0) is 9.16 Å². The summed E-state index contributed by atoms with van der Waals surface area (Å²) >= 11 is 0. The van der Waals surface area contributed by atoms with Gasteiger partial charge in [0, 0.05) is 6.10 Å². The Labute approximate surface area is 144 Å². The molecule has 4 saturated carbocycles. The van der Waals surface area contributed by atoms with Crippen LogP contribution in [0.5, 0.6) is 0 Å². The lowest BCUT2D eigenvalue weighted by Crippen LogP contribution is -2.35. The number of fused-ring (bicyclic) bond motifs is 2. The summed E-state index contributed by atoms with van der Waals surface area (Å²) in [4.78, 5) is 0. The van der Waals surface area contributed by atoms with E-state index >= 15 is 0 Å². The van der Waals surface area contributed by atoms with Gasteiger partial charge in [0.05, 0.1) is 12.3 Å². The molecule has 4 fully saturated rings. The lowest BCUT2D eigenvalue weighted by Gasteiger charge is -2.32. The van der Waals surface area contributed by atoms with E-state index in [1.165, 1.54) is 77.0 Å². The summed E-state index contributed by atoms with van der Waals surface area (Å²) in [6.07, 6.45) is 19.3. The van der Waals surface area contributed by atoms with Gasteiger partial charge in [-0.25, -0.2) is 0 Å². The minimum Gasteiger partial charge on any atom is -0.415 e. The highest BCUT2D eigenvalue weighted by Gasteiger charge is 2.40. The van der Waals surface area contributed by atoms with Gasteiger partial charge in [-0.1, -0.05) is 38.5 Å². The maximum atomic E-state index is 6.59. The fourth-order valence-electron chi connectivity index (χ4n) is 6.33. The van der Waals surface area contributed by atoms with Crippen LogP contribution in [0, 0.1) is 23.7 Å². The van der Waals surface area contributed by atoms with Crippen molar-refractivity contribution in [1.29, 1.82) is 0 Å². The molecule has 0 N–H and O–H groups in total. The molecule has 0 saturated heterocycles. The van der Waals surface area contributed by atoms with Gasteiger partial charge in [0.25, 0.3) is 0 Å². The summed E-state index contributed by atoms with van der Waals surface area (Å²) in [5.41, 5.74) is 0. The first-order chi connectivity index (χ1) is 11.3. The first kappa shape index (κ1) is 16.6. The Hall–Kier alpha value is 0.137. The van der Waals surface area contributed by atoms with Crippen molar-refractivity contribution in [3.05, 3.63) is 0 Å². The van der Waals surface area contributed by atoms with E-state index in [0.717, 1.165) is 29.9 Å². The van der Waals surface area contributed by atoms with Gasteiger partial charge >= 0.3 is 0 Å². The molecule has 3 heteroatoms. The van der Waals surface area contributed by atoms with Gasteiger partial charge < -0.3 is 9.16 Å². The standard InChI is InChI=1S/C20H36O2Si/c1-23(22-20-13-11-16-7-3-5-9-18(16)20)14-21-19-12-10-15-6-2-4-8-17(15)19/h15-20,23H,2-14H2,1H3. The molecule has 0 aliphatic heterocycles. The van der Waals surface area contributed by atoms with Gasteiger partial charge in [-0.05, 0) is 68.7 Å². The highest BCUT2D eigenvalue weighted by Crippen LogP contribution is 2.45. The van der Waals surface area contributed by atoms with Gasteiger partial charge in [-0.3, -0.25) is 0 Å². The fourth-order valence-corrected chi connectivity index (χ4v) is 7.86. The van der Waals surface area contributed by atoms with E-state index in [9.17, 15) is 0 Å². The summed E-state index contributed by atoms with van der Waals surface area (Å²) in [5, 5.41) is 0. The van der Waals surface area contributed by atoms with E-state index in [-0.39, 0.29) is 0 Å². The molecule has 0 spiro atoms. The van der Waals surface area contributed by atoms with Gasteiger partial charge in [0.15, 0.2) is 9.04 Å². The minimum absolute atomic E-state index is 0.574. The Morgan fingerprint density at radius 1 is 0.696 bits per heavy atom. The third-order valence-corrected chi connectivity index (χ3v) is 8.96. The normalized spacial score (nSPS) is 44.7. The van der Waals surface area contributed by atoms with Crippen LogP contribution >= 0.6 is 0 Å². The maximum absolute atomic E-state index is 6.59. The van der Waals surface area contributed by atoms with E-state index in [0.29, 0.717) is 12.2 Å². The van der Waals surface area contributed by atoms with Crippen molar-refractivity contribution in [1.82, 2.24) is 0 Å². The van der Waals surface area contributed by atoms with Gasteiger partial charge in [-0.2, -0.15) is 0 Å². The summed E-state index contributed by atoms with van der Waals surface area (Å²) in [5.74, 6) is 3.77. The van der Waals surface area contributed by atoms with Crippen LogP contribution in [0.4, 0.5) is 0 Å². The van der Waals surface area contributed by atoms with Crippen LogP contribution < -0.4 is 0 Å². The topological polar surface area (TPSA) is 18.5 Å². The van der Waals surface area contributed by atoms with E-state index in [1.807, 2.05) is 0 Å². The number of hydrogen-bond donors (Lipinski definition) is 0. The van der Waals surface area contributed by atoms with Crippen molar-refractivity contribution in [3.63, 3.8) is 0 Å². The molecule has 0 heterocycles. The Balaban J connectivity index is 1.22. The molecular formula is C20H36O2Si. The first-order valence-corrected chi connectivity index (χ1v) is 13.0. The zero-order valence-corrected chi connectivity index (χ0v) is 16.2. The molecule has 4 aliphatic rings. The number of hydrogen-bond acceptors (Lipinski definition) is 2. The SMILES string of the molecule is C[SiH](COC1CCC2CCCCC21)OC1CCC2CCCCC21. The van der Waals surface area contributed by atoms with Crippen LogP contribution in [0.25, 0.3) is 0 Å². The van der Waals surface area contributed by atoms with Crippen LogP contribution in [0.3, 0.4) is 0 Å². The van der Waals surface area contributed by atoms with Crippen molar-refractivity contribution < 1.29 is 9.16 Å². The van der Waals surface area contributed by atoms with Crippen LogP contribution in [-0.4, -0.2) is 27.5 Å². The minimum atomic E-state index is -1.15. The fraction of sp³-hybridized carbons (Fsp3) is 1.00. The monoisotopic (exact) mass is 336 g/mol. The molecule has 4 aliphatic carbocycles. The third-order valence-electron chi connectivity index (χ3n) is 7.49. The van der Waals surface area contributed by atoms with Crippen molar-refractivity contribution in [2.45, 2.75) is 95.8 Å². The van der Waals surface area contributed by atoms with Crippen LogP contribution in [0.15, 0.2) is 0 Å². The summed E-state index contributed by atoms with van der Waals surface area (Å²) < 4.78 is 13.0. The average molecular weight is 337 g/mol. The van der Waals surface area contributed by atoms with Crippen molar-refractivity contribution >= 4 is 9.04 Å².